The van der Waals surface area contributed by atoms with Crippen LogP contribution >= 0.6 is 0 Å². The molecule has 2 aromatic carbocycles. The van der Waals surface area contributed by atoms with E-state index in [9.17, 15) is 18.0 Å². The van der Waals surface area contributed by atoms with E-state index in [4.69, 9.17) is 4.74 Å². The first-order valence-corrected chi connectivity index (χ1v) is 7.82. The van der Waals surface area contributed by atoms with Crippen molar-refractivity contribution in [2.45, 2.75) is 12.6 Å². The van der Waals surface area contributed by atoms with E-state index >= 15 is 0 Å². The predicted molar refractivity (Wildman–Crippen MR) is 89.1 cm³/mol. The van der Waals surface area contributed by atoms with E-state index in [1.165, 1.54) is 35.1 Å². The van der Waals surface area contributed by atoms with E-state index in [-0.39, 0.29) is 12.2 Å². The van der Waals surface area contributed by atoms with Gasteiger partial charge in [0, 0.05) is 13.1 Å². The molecule has 0 bridgehead atoms. The van der Waals surface area contributed by atoms with E-state index < -0.39 is 17.8 Å². The minimum Gasteiger partial charge on any atom is -0.495 e. The molecule has 0 saturated carbocycles. The molecule has 0 atom stereocenters. The van der Waals surface area contributed by atoms with Gasteiger partial charge in [-0.2, -0.15) is 13.2 Å². The maximum absolute atomic E-state index is 13.3. The Morgan fingerprint density at radius 2 is 1.48 bits per heavy atom. The van der Waals surface area contributed by atoms with Gasteiger partial charge >= 0.3 is 12.2 Å². The van der Waals surface area contributed by atoms with Gasteiger partial charge in [0.05, 0.1) is 24.0 Å². The number of carbonyl (C=O) groups is 1. The third-order valence-electron chi connectivity index (χ3n) is 4.10. The topological polar surface area (TPSA) is 32.8 Å². The second kappa shape index (κ2) is 6.66. The number of alkyl halides is 3. The molecule has 132 valence electrons. The zero-order valence-electron chi connectivity index (χ0n) is 13.6. The highest BCUT2D eigenvalue weighted by molar-refractivity contribution is 6.05. The van der Waals surface area contributed by atoms with Crippen molar-refractivity contribution in [3.05, 3.63) is 54.1 Å². The Kier molecular flexibility index (Phi) is 4.57. The Hall–Kier alpha value is -2.70. The van der Waals surface area contributed by atoms with Gasteiger partial charge in [-0.3, -0.25) is 9.80 Å². The molecule has 1 aliphatic heterocycles. The van der Waals surface area contributed by atoms with E-state index in [1.54, 1.807) is 24.3 Å². The lowest BCUT2D eigenvalue weighted by Gasteiger charge is -2.37. The van der Waals surface area contributed by atoms with Gasteiger partial charge < -0.3 is 4.74 Å². The van der Waals surface area contributed by atoms with Crippen molar-refractivity contribution in [1.82, 2.24) is 0 Å². The monoisotopic (exact) mass is 350 g/mol. The van der Waals surface area contributed by atoms with Crippen molar-refractivity contribution in [2.24, 2.45) is 0 Å². The molecule has 1 fully saturated rings. The van der Waals surface area contributed by atoms with Gasteiger partial charge in [-0.05, 0) is 30.7 Å². The van der Waals surface area contributed by atoms with E-state index in [2.05, 4.69) is 0 Å². The summed E-state index contributed by atoms with van der Waals surface area (Å²) in [6.07, 6.45) is -3.97. The number of methoxy groups -OCH3 is 1. The van der Waals surface area contributed by atoms with Crippen LogP contribution in [0.15, 0.2) is 48.5 Å². The minimum absolute atomic E-state index is 0.125. The Morgan fingerprint density at radius 3 is 2.12 bits per heavy atom. The number of rotatable bonds is 3. The van der Waals surface area contributed by atoms with E-state index in [0.717, 1.165) is 6.07 Å². The lowest BCUT2D eigenvalue weighted by atomic mass is 10.1. The van der Waals surface area contributed by atoms with Crippen molar-refractivity contribution < 1.29 is 22.7 Å². The molecule has 0 spiro atoms. The number of ether oxygens (including phenoxy) is 1. The van der Waals surface area contributed by atoms with Crippen LogP contribution in [0.25, 0.3) is 0 Å². The molecular weight excluding hydrogens is 333 g/mol. The molecule has 0 aromatic heterocycles. The van der Waals surface area contributed by atoms with Crippen molar-refractivity contribution in [3.63, 3.8) is 0 Å². The summed E-state index contributed by atoms with van der Waals surface area (Å²) in [5.74, 6) is 0.502. The average Bonchev–Trinajstić information content (AvgIpc) is 2.61. The van der Waals surface area contributed by atoms with Crippen molar-refractivity contribution >= 4 is 17.4 Å². The number of hydrogen-bond donors (Lipinski definition) is 0. The predicted octanol–water partition coefficient (Wildman–Crippen LogP) is 4.55. The second-order valence-corrected chi connectivity index (χ2v) is 5.63. The smallest absolute Gasteiger partial charge is 0.418 e. The summed E-state index contributed by atoms with van der Waals surface area (Å²) in [4.78, 5) is 15.5. The molecule has 2 amide bonds. The van der Waals surface area contributed by atoms with Crippen LogP contribution in [0.2, 0.25) is 0 Å². The van der Waals surface area contributed by atoms with Crippen LogP contribution in [-0.2, 0) is 6.18 Å². The zero-order valence-corrected chi connectivity index (χ0v) is 13.6. The molecule has 1 aliphatic rings. The molecule has 1 heterocycles. The molecule has 3 rings (SSSR count). The minimum atomic E-state index is -4.52. The first-order chi connectivity index (χ1) is 11.9. The number of urea groups is 1. The van der Waals surface area contributed by atoms with Gasteiger partial charge in [0.25, 0.3) is 0 Å². The van der Waals surface area contributed by atoms with Crippen LogP contribution in [0.5, 0.6) is 5.75 Å². The third-order valence-corrected chi connectivity index (χ3v) is 4.10. The zero-order chi connectivity index (χ0) is 18.0. The largest absolute Gasteiger partial charge is 0.495 e. The molecule has 0 N–H and O–H groups in total. The molecule has 4 nitrogen and oxygen atoms in total. The highest BCUT2D eigenvalue weighted by Gasteiger charge is 2.38. The van der Waals surface area contributed by atoms with Gasteiger partial charge in [-0.1, -0.05) is 24.3 Å². The number of carbonyl (C=O) groups excluding carboxylic acids is 1. The van der Waals surface area contributed by atoms with E-state index in [1.807, 2.05) is 0 Å². The Labute approximate surface area is 143 Å². The first kappa shape index (κ1) is 17.1. The third kappa shape index (κ3) is 3.26. The molecule has 2 aromatic rings. The number of amides is 2. The number of nitrogens with zero attached hydrogens (tertiary/aromatic N) is 2. The number of para-hydroxylation sites is 3. The average molecular weight is 350 g/mol. The fraction of sp³-hybridized carbons (Fsp3) is 0.278. The lowest BCUT2D eigenvalue weighted by molar-refractivity contribution is -0.137. The van der Waals surface area contributed by atoms with Gasteiger partial charge in [0.2, 0.25) is 0 Å². The summed E-state index contributed by atoms with van der Waals surface area (Å²) in [5.41, 5.74) is -0.394. The molecule has 0 unspecified atom stereocenters. The van der Waals surface area contributed by atoms with Crippen molar-refractivity contribution in [2.75, 3.05) is 30.0 Å². The van der Waals surface area contributed by atoms with Crippen LogP contribution in [0.4, 0.5) is 29.3 Å². The number of benzene rings is 2. The molecule has 0 radical (unpaired) electrons. The van der Waals surface area contributed by atoms with Crippen LogP contribution < -0.4 is 14.5 Å². The number of halogens is 3. The summed E-state index contributed by atoms with van der Waals surface area (Å²) in [6.45, 7) is 0.654. The second-order valence-electron chi connectivity index (χ2n) is 5.63. The Morgan fingerprint density at radius 1 is 0.920 bits per heavy atom. The fourth-order valence-corrected chi connectivity index (χ4v) is 2.97. The Balaban J connectivity index is 1.99. The lowest BCUT2D eigenvalue weighted by Crippen LogP contribution is -2.50. The standard InChI is InChI=1S/C18H17F3N2O2/c1-25-16-10-5-4-9-15(16)23-12-6-11-22(17(23)24)14-8-3-2-7-13(14)18(19,20)21/h2-5,7-10H,6,11-12H2,1H3. The van der Waals surface area contributed by atoms with E-state index in [0.29, 0.717) is 24.4 Å². The maximum atomic E-state index is 13.3. The highest BCUT2D eigenvalue weighted by Crippen LogP contribution is 2.38. The van der Waals surface area contributed by atoms with Crippen LogP contribution in [-0.4, -0.2) is 26.2 Å². The van der Waals surface area contributed by atoms with Gasteiger partial charge in [0.15, 0.2) is 0 Å². The van der Waals surface area contributed by atoms with Crippen LogP contribution in [0.3, 0.4) is 0 Å². The summed E-state index contributed by atoms with van der Waals surface area (Å²) in [5, 5.41) is 0. The van der Waals surface area contributed by atoms with Gasteiger partial charge in [0.1, 0.15) is 5.75 Å². The SMILES string of the molecule is COc1ccccc1N1CCCN(c2ccccc2C(F)(F)F)C1=O. The quantitative estimate of drug-likeness (QED) is 0.813. The Bertz CT molecular complexity index is 777. The van der Waals surface area contributed by atoms with Crippen LogP contribution in [0.1, 0.15) is 12.0 Å². The normalized spacial score (nSPS) is 15.4. The highest BCUT2D eigenvalue weighted by atomic mass is 19.4. The summed E-state index contributed by atoms with van der Waals surface area (Å²) in [6, 6.07) is 11.6. The summed E-state index contributed by atoms with van der Waals surface area (Å²) < 4.78 is 45.2. The van der Waals surface area contributed by atoms with Gasteiger partial charge in [-0.15, -0.1) is 0 Å². The fourth-order valence-electron chi connectivity index (χ4n) is 2.97. The van der Waals surface area contributed by atoms with Crippen molar-refractivity contribution in [1.29, 1.82) is 0 Å². The molecular formula is C18H17F3N2O2. The number of anilines is 2. The molecule has 25 heavy (non-hydrogen) atoms. The van der Waals surface area contributed by atoms with Crippen LogP contribution in [0, 0.1) is 0 Å². The molecule has 1 saturated heterocycles. The molecule has 7 heteroatoms. The number of hydrogen-bond acceptors (Lipinski definition) is 2. The molecule has 0 aliphatic carbocycles. The van der Waals surface area contributed by atoms with Crippen molar-refractivity contribution in [3.8, 4) is 5.75 Å². The maximum Gasteiger partial charge on any atom is 0.418 e. The summed E-state index contributed by atoms with van der Waals surface area (Å²) in [7, 11) is 1.49. The summed E-state index contributed by atoms with van der Waals surface area (Å²) >= 11 is 0. The first-order valence-electron chi connectivity index (χ1n) is 7.82. The van der Waals surface area contributed by atoms with Gasteiger partial charge in [-0.25, -0.2) is 4.79 Å².